The highest BCUT2D eigenvalue weighted by atomic mass is 19.1. The third-order valence-corrected chi connectivity index (χ3v) is 8.17. The van der Waals surface area contributed by atoms with Gasteiger partial charge in [-0.25, -0.2) is 14.4 Å². The largest absolute Gasteiger partial charge is 0.373 e. The summed E-state index contributed by atoms with van der Waals surface area (Å²) in [6, 6.07) is 15.3. The number of hydrogen-bond donors (Lipinski definition) is 4. The lowest BCUT2D eigenvalue weighted by atomic mass is 10.0. The minimum Gasteiger partial charge on any atom is -0.337 e. The molecule has 1 saturated carbocycles. The lowest BCUT2D eigenvalue weighted by molar-refractivity contribution is -0.191. The Bertz CT molecular complexity index is 1970. The van der Waals surface area contributed by atoms with Crippen molar-refractivity contribution in [2.24, 2.45) is 5.92 Å². The molecule has 242 valence electrons. The number of aromatic amines is 2. The quantitative estimate of drug-likeness (QED) is 0.136. The fourth-order valence-corrected chi connectivity index (χ4v) is 6.11. The van der Waals surface area contributed by atoms with Gasteiger partial charge in [-0.15, -0.1) is 0 Å². The van der Waals surface area contributed by atoms with Gasteiger partial charge >= 0.3 is 6.15 Å². The third kappa shape index (κ3) is 7.84. The molecule has 4 N–H and O–H groups in total. The number of rotatable bonds is 9. The van der Waals surface area contributed by atoms with E-state index in [0.717, 1.165) is 74.5 Å². The average molecular weight is 635 g/mol. The Hall–Kier alpha value is -5.09. The monoisotopic (exact) mass is 634 g/mol. The Balaban J connectivity index is 0.000000822. The summed E-state index contributed by atoms with van der Waals surface area (Å²) < 4.78 is 14.5. The number of aromatic nitrogens is 6. The molecule has 47 heavy (non-hydrogen) atoms. The molecule has 4 heterocycles. The molecule has 0 bridgehead atoms. The summed E-state index contributed by atoms with van der Waals surface area (Å²) in [5.41, 5.74) is 8.62. The number of nitrogens with zero attached hydrogens (tertiary/aromatic N) is 4. The minimum absolute atomic E-state index is 0.250. The number of benzene rings is 2. The van der Waals surface area contributed by atoms with E-state index < -0.39 is 0 Å². The van der Waals surface area contributed by atoms with E-state index in [1.165, 1.54) is 25.7 Å². The molecule has 1 aliphatic rings. The van der Waals surface area contributed by atoms with Crippen LogP contribution in [0.4, 0.5) is 4.39 Å². The van der Waals surface area contributed by atoms with E-state index >= 15 is 0 Å². The van der Waals surface area contributed by atoms with Gasteiger partial charge in [-0.1, -0.05) is 38.8 Å². The first-order valence-corrected chi connectivity index (χ1v) is 16.0. The van der Waals surface area contributed by atoms with Crippen molar-refractivity contribution in [1.82, 2.24) is 40.8 Å². The summed E-state index contributed by atoms with van der Waals surface area (Å²) in [5.74, 6) is 1.17. The lowest BCUT2D eigenvalue weighted by Gasteiger charge is -2.11. The molecule has 0 spiro atoms. The molecule has 0 aliphatic heterocycles. The van der Waals surface area contributed by atoms with Gasteiger partial charge < -0.3 is 15.6 Å². The average Bonchev–Trinajstić information content (AvgIpc) is 3.86. The van der Waals surface area contributed by atoms with Crippen LogP contribution < -0.4 is 10.6 Å². The molecule has 11 heteroatoms. The molecule has 0 atom stereocenters. The summed E-state index contributed by atoms with van der Waals surface area (Å²) in [7, 11) is 1.85. The van der Waals surface area contributed by atoms with Gasteiger partial charge in [0, 0.05) is 48.4 Å². The second-order valence-corrected chi connectivity index (χ2v) is 11.3. The second kappa shape index (κ2) is 16.0. The Kier molecular flexibility index (Phi) is 11.3. The molecule has 2 aromatic carbocycles. The van der Waals surface area contributed by atoms with Crippen molar-refractivity contribution in [3.8, 4) is 33.8 Å². The van der Waals surface area contributed by atoms with E-state index in [-0.39, 0.29) is 12.0 Å². The number of carbonyl (C=O) groups excluding carboxylic acids is 2. The molecule has 1 fully saturated rings. The highest BCUT2D eigenvalue weighted by Gasteiger charge is 2.17. The van der Waals surface area contributed by atoms with Crippen LogP contribution >= 0.6 is 0 Å². The summed E-state index contributed by atoms with van der Waals surface area (Å²) in [5, 5.41) is 15.1. The Morgan fingerprint density at radius 3 is 2.49 bits per heavy atom. The molecular weight excluding hydrogens is 595 g/mol. The van der Waals surface area contributed by atoms with E-state index in [0.29, 0.717) is 18.0 Å². The van der Waals surface area contributed by atoms with Gasteiger partial charge in [0.1, 0.15) is 11.5 Å². The van der Waals surface area contributed by atoms with Crippen LogP contribution in [0.25, 0.3) is 55.8 Å². The van der Waals surface area contributed by atoms with Crippen LogP contribution in [0.3, 0.4) is 0 Å². The van der Waals surface area contributed by atoms with Gasteiger partial charge in [-0.2, -0.15) is 14.7 Å². The van der Waals surface area contributed by atoms with Gasteiger partial charge in [0.25, 0.3) is 0 Å². The highest BCUT2D eigenvalue weighted by Crippen LogP contribution is 2.33. The summed E-state index contributed by atoms with van der Waals surface area (Å²) in [4.78, 5) is 33.8. The standard InChI is InChI=1S/C33H33FN8.C2H6.CO2/c1-35-14-21-9-23(12-26(34)11-21)27-7-4-8-29-30(27)40-33(39-29)31-28-13-25(19-38-32(28)42-41-31)24-10-22(17-37-18-24)16-36-15-20-5-2-3-6-20;1-2;2-1-3/h4,7-13,17-20,35-36H,2-3,5-6,14-16H2,1H3,(H,39,40)(H,38,41,42);1-2H3;. The van der Waals surface area contributed by atoms with E-state index in [1.807, 2.05) is 63.8 Å². The Morgan fingerprint density at radius 1 is 0.936 bits per heavy atom. The predicted octanol–water partition coefficient (Wildman–Crippen LogP) is 6.81. The number of para-hydroxylation sites is 1. The van der Waals surface area contributed by atoms with Crippen molar-refractivity contribution in [1.29, 1.82) is 0 Å². The van der Waals surface area contributed by atoms with Gasteiger partial charge in [0.2, 0.25) is 0 Å². The zero-order chi connectivity index (χ0) is 33.2. The van der Waals surface area contributed by atoms with Crippen molar-refractivity contribution in [2.75, 3.05) is 13.6 Å². The van der Waals surface area contributed by atoms with E-state index in [2.05, 4.69) is 47.9 Å². The molecule has 0 saturated heterocycles. The van der Waals surface area contributed by atoms with Crippen molar-refractivity contribution >= 4 is 28.2 Å². The fraction of sp³-hybridized carbons (Fsp3) is 0.306. The van der Waals surface area contributed by atoms with Crippen LogP contribution in [0.15, 0.2) is 67.1 Å². The van der Waals surface area contributed by atoms with Crippen LogP contribution in [0.1, 0.15) is 50.7 Å². The van der Waals surface area contributed by atoms with Crippen LogP contribution in [-0.4, -0.2) is 49.9 Å². The number of H-pyrrole nitrogens is 2. The molecule has 0 amide bonds. The molecule has 10 nitrogen and oxygen atoms in total. The topological polar surface area (TPSA) is 141 Å². The molecule has 4 aromatic heterocycles. The van der Waals surface area contributed by atoms with Crippen molar-refractivity contribution in [3.63, 3.8) is 0 Å². The van der Waals surface area contributed by atoms with Gasteiger partial charge in [0.05, 0.1) is 16.4 Å². The summed E-state index contributed by atoms with van der Waals surface area (Å²) in [6.07, 6.45) is 11.3. The number of pyridine rings is 2. The zero-order valence-corrected chi connectivity index (χ0v) is 26.9. The van der Waals surface area contributed by atoms with Crippen molar-refractivity contribution < 1.29 is 14.0 Å². The zero-order valence-electron chi connectivity index (χ0n) is 26.9. The fourth-order valence-electron chi connectivity index (χ4n) is 6.11. The number of halogens is 1. The molecule has 6 aromatic rings. The number of nitrogens with one attached hydrogen (secondary N) is 4. The van der Waals surface area contributed by atoms with Gasteiger partial charge in [0.15, 0.2) is 11.5 Å². The first-order chi connectivity index (χ1) is 23.1. The molecular formula is C36H39FN8O2. The van der Waals surface area contributed by atoms with Crippen LogP contribution in [0.2, 0.25) is 0 Å². The number of hydrogen-bond acceptors (Lipinski definition) is 8. The van der Waals surface area contributed by atoms with E-state index in [4.69, 9.17) is 14.6 Å². The van der Waals surface area contributed by atoms with E-state index in [1.54, 1.807) is 12.1 Å². The van der Waals surface area contributed by atoms with Gasteiger partial charge in [-0.05, 0) is 85.4 Å². The SMILES string of the molecule is CC.CNCc1cc(F)cc(-c2cccc3[nH]c(-c4[nH]nc5ncc(-c6cncc(CNCC7CCCC7)c6)cc45)nc23)c1.O=C=O. The van der Waals surface area contributed by atoms with Crippen LogP contribution in [-0.2, 0) is 22.7 Å². The van der Waals surface area contributed by atoms with Gasteiger partial charge in [-0.3, -0.25) is 10.1 Å². The predicted molar refractivity (Wildman–Crippen MR) is 180 cm³/mol. The Morgan fingerprint density at radius 2 is 1.70 bits per heavy atom. The van der Waals surface area contributed by atoms with Crippen molar-refractivity contribution in [2.45, 2.75) is 52.6 Å². The highest BCUT2D eigenvalue weighted by molar-refractivity contribution is 5.97. The first kappa shape index (κ1) is 33.3. The molecule has 7 rings (SSSR count). The van der Waals surface area contributed by atoms with E-state index in [9.17, 15) is 4.39 Å². The summed E-state index contributed by atoms with van der Waals surface area (Å²) in [6.45, 7) is 6.44. The molecule has 0 radical (unpaired) electrons. The smallest absolute Gasteiger partial charge is 0.337 e. The second-order valence-electron chi connectivity index (χ2n) is 11.3. The maximum atomic E-state index is 14.5. The number of imidazole rings is 1. The van der Waals surface area contributed by atoms with Crippen molar-refractivity contribution in [3.05, 3.63) is 84.1 Å². The lowest BCUT2D eigenvalue weighted by Crippen LogP contribution is -2.20. The normalized spacial score (nSPS) is 12.8. The Labute approximate surface area is 272 Å². The maximum absolute atomic E-state index is 14.5. The van der Waals surface area contributed by atoms with Crippen LogP contribution in [0, 0.1) is 11.7 Å². The summed E-state index contributed by atoms with van der Waals surface area (Å²) >= 11 is 0. The van der Waals surface area contributed by atoms with Crippen LogP contribution in [0.5, 0.6) is 0 Å². The molecule has 0 unspecified atom stereocenters. The third-order valence-electron chi connectivity index (χ3n) is 8.17. The maximum Gasteiger partial charge on any atom is 0.373 e. The minimum atomic E-state index is -0.271. The first-order valence-electron chi connectivity index (χ1n) is 16.0. The molecule has 1 aliphatic carbocycles. The number of fused-ring (bicyclic) bond motifs is 2.